The molecule has 4 aromatic heterocycles. The van der Waals surface area contributed by atoms with E-state index in [1.54, 1.807) is 20.8 Å². The summed E-state index contributed by atoms with van der Waals surface area (Å²) < 4.78 is 41.9. The van der Waals surface area contributed by atoms with Crippen molar-refractivity contribution in [1.82, 2.24) is 38.2 Å². The van der Waals surface area contributed by atoms with Gasteiger partial charge in [-0.15, -0.1) is 0 Å². The van der Waals surface area contributed by atoms with Gasteiger partial charge in [0.1, 0.15) is 42.7 Å². The summed E-state index contributed by atoms with van der Waals surface area (Å²) >= 11 is 0. The Balaban J connectivity index is 0.000000295. The van der Waals surface area contributed by atoms with Crippen molar-refractivity contribution in [3.63, 3.8) is 0 Å². The van der Waals surface area contributed by atoms with E-state index in [4.69, 9.17) is 38.3 Å². The minimum absolute atomic E-state index is 0. The summed E-state index contributed by atoms with van der Waals surface area (Å²) in [6.45, 7) is 14.8. The standard InChI is InChI=1S/C28H44N2O10.C14H18N2O6.C10H14N2O5.C9H12N2O6.Na/c1-5-7-8-9-10-11-12-13-16-38-26(35)17(3)21(25(33)34)18(4)27(36)40-23-19(6-2)39-24(22(23)32)30-15-14-20(31)29-28(30)37;1-4-8-11(22-13(19)7(2)3)10(18)12(21-8)16-6-5-9(17)15-14(16)20;1-2-5-7(14)8(15)9(17-5)12-4-3-6(13)11-10(12)16;12-3-4-6(14)7(15)8(17-4)11-2-1-5(13)10-9(11)16;/h14-15,17-19,21-24,32H,5-13,16H2,1-4H3,(H,33,34)(H,29,31,37);5-6,8,10-12,18H,2,4H2,1,3H3,(H,15,17,20);3-5,7-9,14-15H,2H2,1H3,(H,11,13,16);1-2,4,6-8,12,14-15H,3H2,(H,10,13,16);/q;;;;+1/p-1/t17?,18?,19-,21?,22+,23?,24-;8-,10+,11?,12-;5-,7?,8+,9-;4-,6?,7+,8-;/m1111./s1. The van der Waals surface area contributed by atoms with Crippen molar-refractivity contribution in [2.24, 2.45) is 17.8 Å². The second-order valence-electron chi connectivity index (χ2n) is 23.3. The number of ether oxygens (including phenoxy) is 7. The number of H-pyrrole nitrogens is 4. The van der Waals surface area contributed by atoms with Gasteiger partial charge in [0, 0.05) is 66.5 Å². The van der Waals surface area contributed by atoms with Crippen molar-refractivity contribution in [2.45, 2.75) is 217 Å². The number of carboxylic acid groups (broad SMARTS) is 1. The second-order valence-corrected chi connectivity index (χ2v) is 23.3. The van der Waals surface area contributed by atoms with Gasteiger partial charge in [-0.2, -0.15) is 0 Å². The molecule has 4 aliphatic heterocycles. The van der Waals surface area contributed by atoms with Gasteiger partial charge in [0.05, 0.1) is 43.4 Å². The SMILES string of the molecule is C=C(C)C(=O)OC1[C@@H](CC)O[C@@H](n2ccc(=O)[nH]c2=O)[C@H]1O.CCCCCCCCCCOC(=O)C(C)C(C(=O)[O-])C(C)C(=O)OC1[C@@H](CC)O[C@@H](n2ccc(=O)[nH]c2=O)[C@H]1O.CC[C@H]1O[C@@H](n2ccc(=O)[nH]c2=O)[C@@H](O)C1O.O=c1ccn([C@@H]2O[C@H](CO)C(O)[C@@H]2O)c(=O)[nH]1.[Na+]. The summed E-state index contributed by atoms with van der Waals surface area (Å²) in [5.74, 6) is -7.98. The molecule has 4 fully saturated rings. The van der Waals surface area contributed by atoms with Crippen molar-refractivity contribution in [3.05, 3.63) is 145 Å². The minimum Gasteiger partial charge on any atom is -0.550 e. The molecule has 0 aromatic carbocycles. The van der Waals surface area contributed by atoms with Gasteiger partial charge in [-0.25, -0.2) is 24.0 Å². The van der Waals surface area contributed by atoms with Crippen LogP contribution in [-0.4, -0.2) is 184 Å². The second kappa shape index (κ2) is 38.9. The van der Waals surface area contributed by atoms with Crippen LogP contribution in [0.2, 0.25) is 0 Å². The Kier molecular flexibility index (Phi) is 33.0. The number of hydrogen-bond acceptors (Lipinski definition) is 27. The Morgan fingerprint density at radius 3 is 1.16 bits per heavy atom. The van der Waals surface area contributed by atoms with Gasteiger partial charge in [0.2, 0.25) is 0 Å². The number of esters is 3. The fourth-order valence-corrected chi connectivity index (χ4v) is 10.9. The first-order valence-electron chi connectivity index (χ1n) is 31.5. The van der Waals surface area contributed by atoms with Crippen LogP contribution in [0.4, 0.5) is 0 Å². The molecular formula is C61H87N8NaO27. The Labute approximate surface area is 574 Å². The zero-order valence-electron chi connectivity index (χ0n) is 55.1. The number of aliphatic carboxylic acids is 1. The van der Waals surface area contributed by atoms with Gasteiger partial charge in [0.15, 0.2) is 37.1 Å². The van der Waals surface area contributed by atoms with E-state index in [9.17, 15) is 93.3 Å². The number of rotatable bonds is 25. The maximum atomic E-state index is 13.0. The van der Waals surface area contributed by atoms with Gasteiger partial charge in [0.25, 0.3) is 22.2 Å². The van der Waals surface area contributed by atoms with Crippen LogP contribution >= 0.6 is 0 Å². The Hall–Kier alpha value is -7.10. The Bertz CT molecular complexity index is 3640. The Morgan fingerprint density at radius 2 is 0.835 bits per heavy atom. The van der Waals surface area contributed by atoms with Crippen LogP contribution in [0.5, 0.6) is 0 Å². The van der Waals surface area contributed by atoms with Crippen LogP contribution in [0, 0.1) is 17.8 Å². The van der Waals surface area contributed by atoms with Crippen molar-refractivity contribution >= 4 is 23.9 Å². The molecule has 534 valence electrons. The molecule has 4 aliphatic rings. The monoisotopic (exact) mass is 1390 g/mol. The molecule has 0 saturated carbocycles. The van der Waals surface area contributed by atoms with E-state index < -0.39 is 191 Å². The number of unbranched alkanes of at least 4 members (excludes halogenated alkanes) is 7. The summed E-state index contributed by atoms with van der Waals surface area (Å²) in [6, 6.07) is 4.48. The number of carboxylic acids is 1. The number of hydrogen-bond donors (Lipinski definition) is 11. The third-order valence-corrected chi connectivity index (χ3v) is 16.4. The molecule has 36 heteroatoms. The fourth-order valence-electron chi connectivity index (χ4n) is 10.9. The Morgan fingerprint density at radius 1 is 0.505 bits per heavy atom. The number of carbonyl (C=O) groups excluding carboxylic acids is 4. The maximum absolute atomic E-state index is 13.0. The summed E-state index contributed by atoms with van der Waals surface area (Å²) in [7, 11) is 0. The van der Waals surface area contributed by atoms with Gasteiger partial charge >= 0.3 is 70.2 Å². The van der Waals surface area contributed by atoms with Crippen molar-refractivity contribution in [1.29, 1.82) is 0 Å². The van der Waals surface area contributed by atoms with E-state index in [2.05, 4.69) is 28.5 Å². The third kappa shape index (κ3) is 21.7. The first kappa shape index (κ1) is 82.3. The number of aromatic amines is 4. The quantitative estimate of drug-likeness (QED) is 0.00967. The summed E-state index contributed by atoms with van der Waals surface area (Å²) in [5.41, 5.74) is -5.03. The van der Waals surface area contributed by atoms with Gasteiger partial charge in [-0.05, 0) is 32.6 Å². The molecular weight excluding hydrogens is 1300 g/mol. The molecule has 4 aromatic rings. The van der Waals surface area contributed by atoms with Crippen LogP contribution in [0.15, 0.2) is 99.6 Å². The molecule has 8 heterocycles. The van der Waals surface area contributed by atoms with Crippen LogP contribution < -0.4 is 79.7 Å². The molecule has 0 radical (unpaired) electrons. The smallest absolute Gasteiger partial charge is 0.550 e. The first-order valence-corrected chi connectivity index (χ1v) is 31.5. The predicted octanol–water partition coefficient (Wildman–Crippen LogP) is -6.15. The van der Waals surface area contributed by atoms with Crippen molar-refractivity contribution in [3.8, 4) is 0 Å². The molecule has 0 aliphatic carbocycles. The van der Waals surface area contributed by atoms with E-state index in [1.165, 1.54) is 58.8 Å². The number of nitrogens with zero attached hydrogens (tertiary/aromatic N) is 4. The van der Waals surface area contributed by atoms with Crippen LogP contribution in [-0.2, 0) is 52.3 Å². The number of carbonyl (C=O) groups is 4. The topological polar surface area (TPSA) is 517 Å². The summed E-state index contributed by atoms with van der Waals surface area (Å²) in [5, 5.41) is 80.7. The number of aromatic nitrogens is 8. The number of nitrogens with one attached hydrogen (secondary N) is 4. The zero-order valence-corrected chi connectivity index (χ0v) is 57.1. The van der Waals surface area contributed by atoms with E-state index in [0.29, 0.717) is 25.7 Å². The van der Waals surface area contributed by atoms with Crippen molar-refractivity contribution < 1.29 is 123 Å². The summed E-state index contributed by atoms with van der Waals surface area (Å²) in [6.07, 6.45) is -2.40. The molecule has 4 saturated heterocycles. The van der Waals surface area contributed by atoms with E-state index in [0.717, 1.165) is 74.2 Å². The maximum Gasteiger partial charge on any atom is 1.00 e. The molecule has 35 nitrogen and oxygen atoms in total. The summed E-state index contributed by atoms with van der Waals surface area (Å²) in [4.78, 5) is 149. The molecule has 0 bridgehead atoms. The van der Waals surface area contributed by atoms with Crippen LogP contribution in [0.3, 0.4) is 0 Å². The molecule has 97 heavy (non-hydrogen) atoms. The van der Waals surface area contributed by atoms with E-state index >= 15 is 0 Å². The molecule has 11 N–H and O–H groups in total. The van der Waals surface area contributed by atoms with Gasteiger partial charge in [-0.3, -0.25) is 67.0 Å². The zero-order chi connectivity index (χ0) is 71.4. The molecule has 0 amide bonds. The van der Waals surface area contributed by atoms with E-state index in [1.807, 2.05) is 4.98 Å². The minimum atomic E-state index is -1.60. The van der Waals surface area contributed by atoms with E-state index in [-0.39, 0.29) is 41.7 Å². The van der Waals surface area contributed by atoms with Gasteiger partial charge < -0.3 is 78.8 Å². The predicted molar refractivity (Wildman–Crippen MR) is 330 cm³/mol. The largest absolute Gasteiger partial charge is 1.00 e. The average molecular weight is 1390 g/mol. The average Bonchev–Trinajstić information content (AvgIpc) is 1.69. The van der Waals surface area contributed by atoms with Crippen LogP contribution in [0.25, 0.3) is 0 Å². The molecule has 8 rings (SSSR count). The number of aliphatic hydroxyl groups is 7. The van der Waals surface area contributed by atoms with Crippen molar-refractivity contribution in [2.75, 3.05) is 13.2 Å². The fraction of sp³-hybridized carbons (Fsp3) is 0.639. The normalized spacial score (nSPS) is 27.2. The van der Waals surface area contributed by atoms with Gasteiger partial charge in [-0.1, -0.05) is 93.1 Å². The molecule has 7 unspecified atom stereocenters. The molecule has 0 spiro atoms. The molecule has 19 atom stereocenters. The van der Waals surface area contributed by atoms with Crippen LogP contribution in [0.1, 0.15) is 144 Å². The third-order valence-electron chi connectivity index (χ3n) is 16.4. The first-order chi connectivity index (χ1) is 45.5. The number of aliphatic hydroxyl groups excluding tert-OH is 7.